The van der Waals surface area contributed by atoms with Crippen molar-refractivity contribution in [2.45, 2.75) is 13.1 Å². The van der Waals surface area contributed by atoms with Crippen molar-refractivity contribution in [3.05, 3.63) is 63.6 Å². The van der Waals surface area contributed by atoms with Gasteiger partial charge in [0.1, 0.15) is 5.75 Å². The van der Waals surface area contributed by atoms with Crippen molar-refractivity contribution in [2.75, 3.05) is 0 Å². The lowest BCUT2D eigenvalue weighted by atomic mass is 10.1. The second kappa shape index (κ2) is 6.37. The smallest absolute Gasteiger partial charge is 0.129 e. The predicted octanol–water partition coefficient (Wildman–Crippen LogP) is 3.32. The van der Waals surface area contributed by atoms with Crippen LogP contribution in [0.3, 0.4) is 0 Å². The van der Waals surface area contributed by atoms with Gasteiger partial charge in [0.25, 0.3) is 0 Å². The van der Waals surface area contributed by atoms with Gasteiger partial charge < -0.3 is 10.4 Å². The van der Waals surface area contributed by atoms with Gasteiger partial charge in [0.15, 0.2) is 0 Å². The topological polar surface area (TPSA) is 56.0 Å². The summed E-state index contributed by atoms with van der Waals surface area (Å²) in [6.45, 7) is 1.41. The van der Waals surface area contributed by atoms with Crippen molar-refractivity contribution in [3.63, 3.8) is 0 Å². The molecule has 0 aliphatic heterocycles. The monoisotopic (exact) mass is 316 g/mol. The molecule has 19 heavy (non-hydrogen) atoms. The first-order valence-corrected chi connectivity index (χ1v) is 6.65. The minimum absolute atomic E-state index is 0.241. The van der Waals surface area contributed by atoms with Gasteiger partial charge in [-0.3, -0.25) is 0 Å². The van der Waals surface area contributed by atoms with E-state index < -0.39 is 0 Å². The summed E-state index contributed by atoms with van der Waals surface area (Å²) < 4.78 is 0.693. The van der Waals surface area contributed by atoms with Gasteiger partial charge in [0.2, 0.25) is 0 Å². The van der Waals surface area contributed by atoms with E-state index in [0.29, 0.717) is 23.1 Å². The first-order chi connectivity index (χ1) is 9.19. The zero-order valence-corrected chi connectivity index (χ0v) is 11.8. The minimum atomic E-state index is 0.241. The molecule has 4 heteroatoms. The van der Waals surface area contributed by atoms with Gasteiger partial charge in [0, 0.05) is 13.1 Å². The maximum Gasteiger partial charge on any atom is 0.129 e. The lowest BCUT2D eigenvalue weighted by molar-refractivity contribution is 0.471. The first kappa shape index (κ1) is 13.6. The Balaban J connectivity index is 1.92. The Morgan fingerprint density at radius 1 is 1.11 bits per heavy atom. The van der Waals surface area contributed by atoms with Crippen LogP contribution in [0.5, 0.6) is 5.75 Å². The van der Waals surface area contributed by atoms with Crippen molar-refractivity contribution >= 4 is 15.9 Å². The van der Waals surface area contributed by atoms with E-state index in [-0.39, 0.29) is 5.75 Å². The summed E-state index contributed by atoms with van der Waals surface area (Å²) in [6, 6.07) is 15.1. The Kier molecular flexibility index (Phi) is 4.56. The number of halogens is 1. The standard InChI is InChI=1S/C15H13BrN2O/c16-14-7-13(4-5-15(14)19)10-18-9-12-3-1-2-11(6-12)8-17/h1-7,18-19H,9-10H2. The van der Waals surface area contributed by atoms with Crippen LogP contribution in [0.4, 0.5) is 0 Å². The third kappa shape index (κ3) is 3.82. The Hall–Kier alpha value is -1.83. The molecule has 0 saturated carbocycles. The van der Waals surface area contributed by atoms with Crippen LogP contribution in [-0.4, -0.2) is 5.11 Å². The summed E-state index contributed by atoms with van der Waals surface area (Å²) in [6.07, 6.45) is 0. The molecule has 0 fully saturated rings. The summed E-state index contributed by atoms with van der Waals surface area (Å²) in [7, 11) is 0. The fourth-order valence-corrected chi connectivity index (χ4v) is 2.19. The third-order valence-corrected chi connectivity index (χ3v) is 3.36. The van der Waals surface area contributed by atoms with Crippen molar-refractivity contribution in [1.29, 1.82) is 5.26 Å². The number of hydrogen-bond acceptors (Lipinski definition) is 3. The fraction of sp³-hybridized carbons (Fsp3) is 0.133. The molecule has 2 aromatic carbocycles. The van der Waals surface area contributed by atoms with Crippen molar-refractivity contribution in [2.24, 2.45) is 0 Å². The molecular formula is C15H13BrN2O. The summed E-state index contributed by atoms with van der Waals surface area (Å²) >= 11 is 3.29. The zero-order valence-electron chi connectivity index (χ0n) is 10.2. The van der Waals surface area contributed by atoms with E-state index in [1.807, 2.05) is 30.3 Å². The lowest BCUT2D eigenvalue weighted by Gasteiger charge is -2.06. The molecule has 0 radical (unpaired) electrons. The number of aromatic hydroxyl groups is 1. The second-order valence-electron chi connectivity index (χ2n) is 4.20. The molecule has 96 valence electrons. The highest BCUT2D eigenvalue weighted by atomic mass is 79.9. The molecule has 3 nitrogen and oxygen atoms in total. The number of hydrogen-bond donors (Lipinski definition) is 2. The number of nitrogens with zero attached hydrogens (tertiary/aromatic N) is 1. The number of nitriles is 1. The first-order valence-electron chi connectivity index (χ1n) is 5.86. The van der Waals surface area contributed by atoms with E-state index >= 15 is 0 Å². The fourth-order valence-electron chi connectivity index (χ4n) is 1.76. The lowest BCUT2D eigenvalue weighted by Crippen LogP contribution is -2.12. The normalized spacial score (nSPS) is 10.1. The van der Waals surface area contributed by atoms with E-state index in [1.165, 1.54) is 0 Å². The molecular weight excluding hydrogens is 304 g/mol. The van der Waals surface area contributed by atoms with Gasteiger partial charge in [0.05, 0.1) is 16.1 Å². The SMILES string of the molecule is N#Cc1cccc(CNCc2ccc(O)c(Br)c2)c1. The Labute approximate surface area is 120 Å². The van der Waals surface area contributed by atoms with E-state index in [4.69, 9.17) is 5.26 Å². The molecule has 0 spiro atoms. The number of rotatable bonds is 4. The third-order valence-electron chi connectivity index (χ3n) is 2.73. The van der Waals surface area contributed by atoms with E-state index in [9.17, 15) is 5.11 Å². The molecule has 0 aromatic heterocycles. The number of phenolic OH excluding ortho intramolecular Hbond substituents is 1. The summed E-state index contributed by atoms with van der Waals surface area (Å²) in [5, 5.41) is 21.5. The quantitative estimate of drug-likeness (QED) is 0.909. The predicted molar refractivity (Wildman–Crippen MR) is 77.5 cm³/mol. The Bertz CT molecular complexity index is 620. The van der Waals surface area contributed by atoms with Crippen LogP contribution in [0.1, 0.15) is 16.7 Å². The summed E-state index contributed by atoms with van der Waals surface area (Å²) in [4.78, 5) is 0. The highest BCUT2D eigenvalue weighted by molar-refractivity contribution is 9.10. The number of benzene rings is 2. The summed E-state index contributed by atoms with van der Waals surface area (Å²) in [5.41, 5.74) is 2.84. The molecule has 0 heterocycles. The van der Waals surface area contributed by atoms with Gasteiger partial charge in [-0.2, -0.15) is 5.26 Å². The van der Waals surface area contributed by atoms with E-state index in [2.05, 4.69) is 27.3 Å². The maximum absolute atomic E-state index is 9.41. The van der Waals surface area contributed by atoms with Gasteiger partial charge in [-0.1, -0.05) is 18.2 Å². The highest BCUT2D eigenvalue weighted by Crippen LogP contribution is 2.24. The van der Waals surface area contributed by atoms with Gasteiger partial charge in [-0.05, 0) is 51.3 Å². The molecule has 0 atom stereocenters. The summed E-state index contributed by atoms with van der Waals surface area (Å²) in [5.74, 6) is 0.241. The molecule has 2 aromatic rings. The Morgan fingerprint density at radius 3 is 2.53 bits per heavy atom. The number of nitrogens with one attached hydrogen (secondary N) is 1. The molecule has 0 saturated heterocycles. The largest absolute Gasteiger partial charge is 0.507 e. The second-order valence-corrected chi connectivity index (χ2v) is 5.06. The van der Waals surface area contributed by atoms with E-state index in [1.54, 1.807) is 12.1 Å². The van der Waals surface area contributed by atoms with Crippen LogP contribution in [0.25, 0.3) is 0 Å². The van der Waals surface area contributed by atoms with E-state index in [0.717, 1.165) is 11.1 Å². The molecule has 2 N–H and O–H groups in total. The molecule has 2 rings (SSSR count). The van der Waals surface area contributed by atoms with Crippen LogP contribution >= 0.6 is 15.9 Å². The Morgan fingerprint density at radius 2 is 1.84 bits per heavy atom. The zero-order chi connectivity index (χ0) is 13.7. The van der Waals surface area contributed by atoms with Crippen molar-refractivity contribution in [3.8, 4) is 11.8 Å². The number of phenols is 1. The average Bonchev–Trinajstić information content (AvgIpc) is 2.43. The molecule has 0 aliphatic rings. The molecule has 0 bridgehead atoms. The van der Waals surface area contributed by atoms with Crippen LogP contribution < -0.4 is 5.32 Å². The van der Waals surface area contributed by atoms with Crippen molar-refractivity contribution in [1.82, 2.24) is 5.32 Å². The molecule has 0 aliphatic carbocycles. The van der Waals surface area contributed by atoms with Gasteiger partial charge >= 0.3 is 0 Å². The van der Waals surface area contributed by atoms with Crippen LogP contribution in [-0.2, 0) is 13.1 Å². The molecule has 0 unspecified atom stereocenters. The van der Waals surface area contributed by atoms with Crippen LogP contribution in [0, 0.1) is 11.3 Å². The highest BCUT2D eigenvalue weighted by Gasteiger charge is 2.00. The van der Waals surface area contributed by atoms with Crippen molar-refractivity contribution < 1.29 is 5.11 Å². The maximum atomic E-state index is 9.41. The van der Waals surface area contributed by atoms with Crippen LogP contribution in [0.15, 0.2) is 46.9 Å². The molecule has 0 amide bonds. The van der Waals surface area contributed by atoms with Gasteiger partial charge in [-0.15, -0.1) is 0 Å². The minimum Gasteiger partial charge on any atom is -0.507 e. The van der Waals surface area contributed by atoms with Gasteiger partial charge in [-0.25, -0.2) is 0 Å². The average molecular weight is 317 g/mol. The van der Waals surface area contributed by atoms with Crippen LogP contribution in [0.2, 0.25) is 0 Å².